The van der Waals surface area contributed by atoms with Crippen molar-refractivity contribution < 1.29 is 25.8 Å². The Kier molecular flexibility index (Phi) is 16.7. The van der Waals surface area contributed by atoms with Gasteiger partial charge in [0.2, 0.25) is 0 Å². The third-order valence-corrected chi connectivity index (χ3v) is 7.20. The van der Waals surface area contributed by atoms with E-state index in [2.05, 4.69) is 103 Å². The third-order valence-electron chi connectivity index (χ3n) is 7.20. The van der Waals surface area contributed by atoms with Crippen LogP contribution < -0.4 is 0 Å². The van der Waals surface area contributed by atoms with E-state index in [9.17, 15) is 0 Å². The first-order chi connectivity index (χ1) is 22.1. The number of aromatic nitrogens is 2. The number of pyridine rings is 1. The van der Waals surface area contributed by atoms with Gasteiger partial charge < -0.3 is 14.9 Å². The van der Waals surface area contributed by atoms with Crippen LogP contribution in [0.3, 0.4) is 0 Å². The van der Waals surface area contributed by atoms with E-state index in [1.165, 1.54) is 11.1 Å². The molecule has 0 saturated carbocycles. The third kappa shape index (κ3) is 12.9. The Hall–Kier alpha value is -4.15. The summed E-state index contributed by atoms with van der Waals surface area (Å²) in [4.78, 5) is 4.85. The van der Waals surface area contributed by atoms with Crippen LogP contribution in [0.2, 0.25) is 0 Å². The number of para-hydroxylation sites is 1. The van der Waals surface area contributed by atoms with Crippen molar-refractivity contribution in [1.29, 1.82) is 0 Å². The first kappa shape index (κ1) is 39.0. The molecule has 0 atom stereocenters. The van der Waals surface area contributed by atoms with Gasteiger partial charge in [0.25, 0.3) is 0 Å². The fourth-order valence-corrected chi connectivity index (χ4v) is 4.69. The van der Waals surface area contributed by atoms with Gasteiger partial charge in [-0.05, 0) is 54.0 Å². The van der Waals surface area contributed by atoms with Crippen molar-refractivity contribution in [3.05, 3.63) is 187 Å². The van der Waals surface area contributed by atoms with Crippen molar-refractivity contribution >= 4 is 22.5 Å². The zero-order valence-electron chi connectivity index (χ0n) is 28.9. The maximum atomic E-state index is 4.99. The van der Waals surface area contributed by atoms with E-state index in [0.717, 1.165) is 39.2 Å². The Balaban J connectivity index is 0.000000280. The van der Waals surface area contributed by atoms with Crippen LogP contribution in [-0.2, 0) is 25.8 Å². The Bertz CT molecular complexity index is 1590. The van der Waals surface area contributed by atoms with Crippen molar-refractivity contribution in [3.63, 3.8) is 0 Å². The molecule has 0 amide bonds. The first-order valence-corrected chi connectivity index (χ1v) is 16.0. The molecule has 0 saturated heterocycles. The SMILES string of the molecule is CC(C)c1cccc(C(C)C)c1[N-]c1ccc2ccn(C(C)C)c2n1.[CH2-]c1ccccc1.[CH2-]c1ccccc1.[CH2-]c1ccccc1.[Hf]. The fourth-order valence-electron chi connectivity index (χ4n) is 4.69. The van der Waals surface area contributed by atoms with Crippen molar-refractivity contribution in [2.45, 2.75) is 59.4 Å². The summed E-state index contributed by atoms with van der Waals surface area (Å²) in [6.07, 6.45) is 2.10. The summed E-state index contributed by atoms with van der Waals surface area (Å²) in [7, 11) is 0. The summed E-state index contributed by atoms with van der Waals surface area (Å²) >= 11 is 0. The van der Waals surface area contributed by atoms with Crippen LogP contribution in [0.1, 0.15) is 87.2 Å². The molecule has 3 nitrogen and oxygen atoms in total. The van der Waals surface area contributed by atoms with Gasteiger partial charge in [0.1, 0.15) is 0 Å². The molecule has 2 aromatic heterocycles. The van der Waals surface area contributed by atoms with Gasteiger partial charge in [-0.15, -0.1) is 36.4 Å². The van der Waals surface area contributed by atoms with Gasteiger partial charge >= 0.3 is 0 Å². The smallest absolute Gasteiger partial charge is 0.0353 e. The molecule has 0 aliphatic heterocycles. The van der Waals surface area contributed by atoms with Crippen LogP contribution in [0.5, 0.6) is 0 Å². The molecule has 0 unspecified atom stereocenters. The van der Waals surface area contributed by atoms with Crippen molar-refractivity contribution in [1.82, 2.24) is 9.55 Å². The summed E-state index contributed by atoms with van der Waals surface area (Å²) < 4.78 is 2.20. The number of fused-ring (bicyclic) bond motifs is 1. The van der Waals surface area contributed by atoms with E-state index in [0.29, 0.717) is 17.9 Å². The maximum absolute atomic E-state index is 4.99. The molecular weight excluding hydrogens is 737 g/mol. The largest absolute Gasteiger partial charge is 0.436 e. The van der Waals surface area contributed by atoms with E-state index >= 15 is 0 Å². The van der Waals surface area contributed by atoms with E-state index in [1.54, 1.807) is 0 Å². The molecule has 6 aromatic rings. The van der Waals surface area contributed by atoms with E-state index in [-0.39, 0.29) is 25.8 Å². The summed E-state index contributed by atoms with van der Waals surface area (Å²) in [6, 6.07) is 42.8. The molecule has 0 aliphatic rings. The van der Waals surface area contributed by atoms with Gasteiger partial charge in [0.15, 0.2) is 0 Å². The average Bonchev–Trinajstić information content (AvgIpc) is 3.47. The van der Waals surface area contributed by atoms with Gasteiger partial charge in [-0.1, -0.05) is 82.0 Å². The monoisotopic (exact) mass is 787 g/mol. The predicted octanol–water partition coefficient (Wildman–Crippen LogP) is 12.8. The van der Waals surface area contributed by atoms with Crippen LogP contribution in [0.15, 0.2) is 134 Å². The Morgan fingerprint density at radius 3 is 1.30 bits per heavy atom. The first-order valence-electron chi connectivity index (χ1n) is 16.0. The molecule has 0 fully saturated rings. The number of hydrogen-bond acceptors (Lipinski definition) is 1. The van der Waals surface area contributed by atoms with Crippen LogP contribution in [0.4, 0.5) is 11.5 Å². The number of benzene rings is 4. The molecule has 2 heterocycles. The minimum Gasteiger partial charge on any atom is -0.436 e. The number of hydrogen-bond donors (Lipinski definition) is 0. The molecule has 0 bridgehead atoms. The Morgan fingerprint density at radius 1 is 0.532 bits per heavy atom. The van der Waals surface area contributed by atoms with Crippen LogP contribution in [0, 0.1) is 20.8 Å². The standard InChI is InChI=1S/C22H28N3.3C7H7.Hf/c1-14(2)18-8-7-9-19(15(3)4)21(18)23-20-11-10-17-12-13-25(16(5)6)22(17)24-20;3*1-7-5-3-2-4-6-7;/h7-16H,1-6H3;3*2-6H,1H2;/q4*-1;. The topological polar surface area (TPSA) is 31.9 Å². The summed E-state index contributed by atoms with van der Waals surface area (Å²) in [5, 5.41) is 6.15. The summed E-state index contributed by atoms with van der Waals surface area (Å²) in [5.41, 5.74) is 7.87. The molecule has 4 aromatic carbocycles. The number of nitrogens with zero attached hydrogens (tertiary/aromatic N) is 3. The van der Waals surface area contributed by atoms with Gasteiger partial charge in [-0.3, -0.25) is 0 Å². The average molecular weight is 786 g/mol. The van der Waals surface area contributed by atoms with Gasteiger partial charge in [-0.2, -0.15) is 73.9 Å². The zero-order chi connectivity index (χ0) is 33.5. The molecule has 6 rings (SSSR count). The molecule has 4 heteroatoms. The molecule has 0 aliphatic carbocycles. The van der Waals surface area contributed by atoms with Crippen molar-refractivity contribution in [2.24, 2.45) is 0 Å². The van der Waals surface area contributed by atoms with Crippen molar-refractivity contribution in [3.8, 4) is 0 Å². The molecule has 244 valence electrons. The molecule has 0 radical (unpaired) electrons. The molecular formula is C43H49HfN3-4. The molecule has 47 heavy (non-hydrogen) atoms. The summed E-state index contributed by atoms with van der Waals surface area (Å²) in [5.74, 6) is 1.64. The molecule has 0 spiro atoms. The van der Waals surface area contributed by atoms with Gasteiger partial charge in [0, 0.05) is 43.7 Å². The van der Waals surface area contributed by atoms with Gasteiger partial charge in [0.05, 0.1) is 0 Å². The van der Waals surface area contributed by atoms with E-state index in [1.807, 2.05) is 97.1 Å². The second-order valence-corrected chi connectivity index (χ2v) is 12.1. The second kappa shape index (κ2) is 20.2. The van der Waals surface area contributed by atoms with Gasteiger partial charge in [-0.25, -0.2) is 0 Å². The molecule has 0 N–H and O–H groups in total. The van der Waals surface area contributed by atoms with Crippen LogP contribution >= 0.6 is 0 Å². The Labute approximate surface area is 303 Å². The predicted molar refractivity (Wildman–Crippen MR) is 200 cm³/mol. The van der Waals surface area contributed by atoms with Crippen LogP contribution in [-0.4, -0.2) is 9.55 Å². The minimum atomic E-state index is 0. The number of rotatable bonds is 5. The zero-order valence-corrected chi connectivity index (χ0v) is 32.5. The van der Waals surface area contributed by atoms with Crippen LogP contribution in [0.25, 0.3) is 16.4 Å². The quantitative estimate of drug-likeness (QED) is 0.127. The second-order valence-electron chi connectivity index (χ2n) is 12.1. The Morgan fingerprint density at radius 2 is 0.957 bits per heavy atom. The van der Waals surface area contributed by atoms with Crippen molar-refractivity contribution in [2.75, 3.05) is 0 Å². The maximum Gasteiger partial charge on any atom is 0.0353 e. The minimum absolute atomic E-state index is 0. The van der Waals surface area contributed by atoms with E-state index in [4.69, 9.17) is 10.3 Å². The van der Waals surface area contributed by atoms with E-state index < -0.39 is 0 Å². The normalized spacial score (nSPS) is 10.1. The fraction of sp³-hybridized carbons (Fsp3) is 0.209. The summed E-state index contributed by atoms with van der Waals surface area (Å²) in [6.45, 7) is 24.4.